The minimum atomic E-state index is 0.0529. The first-order chi connectivity index (χ1) is 9.51. The third-order valence-corrected chi connectivity index (χ3v) is 5.59. The maximum Gasteiger partial charge on any atom is 0.255 e. The van der Waals surface area contributed by atoms with E-state index >= 15 is 0 Å². The van der Waals surface area contributed by atoms with E-state index in [2.05, 4.69) is 29.8 Å². The fourth-order valence-corrected chi connectivity index (χ4v) is 3.53. The Labute approximate surface area is 134 Å². The number of rotatable bonds is 3. The van der Waals surface area contributed by atoms with Crippen molar-refractivity contribution in [2.45, 2.75) is 39.5 Å². The lowest BCUT2D eigenvalue weighted by atomic mass is 9.74. The van der Waals surface area contributed by atoms with Crippen LogP contribution in [-0.4, -0.2) is 23.9 Å². The smallest absolute Gasteiger partial charge is 0.255 e. The van der Waals surface area contributed by atoms with E-state index in [1.807, 2.05) is 17.0 Å². The standard InChI is InChI=1S/C16H21BrClNO/c1-3-16(4-2)7-9-19(10-8-16)15(20)13-11-12(17)5-6-14(13)18/h5-6,11H,3-4,7-10H2,1-2H3. The Bertz CT molecular complexity index is 489. The molecule has 2 nitrogen and oxygen atoms in total. The number of halogens is 2. The summed E-state index contributed by atoms with van der Waals surface area (Å²) in [6.07, 6.45) is 4.58. The van der Waals surface area contributed by atoms with Gasteiger partial charge in [0, 0.05) is 17.6 Å². The molecule has 4 heteroatoms. The first-order valence-electron chi connectivity index (χ1n) is 7.25. The van der Waals surface area contributed by atoms with E-state index < -0.39 is 0 Å². The third-order valence-electron chi connectivity index (χ3n) is 4.77. The van der Waals surface area contributed by atoms with Gasteiger partial charge in [-0.1, -0.05) is 54.2 Å². The van der Waals surface area contributed by atoms with Gasteiger partial charge >= 0.3 is 0 Å². The Hall–Kier alpha value is -0.540. The number of carbonyl (C=O) groups is 1. The number of likely N-dealkylation sites (tertiary alicyclic amines) is 1. The molecule has 0 bridgehead atoms. The highest BCUT2D eigenvalue weighted by molar-refractivity contribution is 9.10. The second-order valence-electron chi connectivity index (χ2n) is 5.62. The molecule has 1 aliphatic heterocycles. The molecule has 0 unspecified atom stereocenters. The Morgan fingerprint density at radius 2 is 1.90 bits per heavy atom. The lowest BCUT2D eigenvalue weighted by Gasteiger charge is -2.41. The normalized spacial score (nSPS) is 18.1. The van der Waals surface area contributed by atoms with Gasteiger partial charge in [0.25, 0.3) is 5.91 Å². The van der Waals surface area contributed by atoms with Gasteiger partial charge in [-0.3, -0.25) is 4.79 Å². The number of hydrogen-bond acceptors (Lipinski definition) is 1. The molecule has 1 fully saturated rings. The zero-order chi connectivity index (χ0) is 14.8. The van der Waals surface area contributed by atoms with Crippen LogP contribution in [0.4, 0.5) is 0 Å². The van der Waals surface area contributed by atoms with E-state index in [0.717, 1.165) is 30.4 Å². The summed E-state index contributed by atoms with van der Waals surface area (Å²) in [5.41, 5.74) is 1.03. The van der Waals surface area contributed by atoms with Crippen LogP contribution >= 0.6 is 27.5 Å². The largest absolute Gasteiger partial charge is 0.339 e. The summed E-state index contributed by atoms with van der Waals surface area (Å²) >= 11 is 9.55. The molecule has 2 rings (SSSR count). The molecule has 110 valence electrons. The van der Waals surface area contributed by atoms with Crippen molar-refractivity contribution in [2.75, 3.05) is 13.1 Å². The first-order valence-corrected chi connectivity index (χ1v) is 8.43. The minimum absolute atomic E-state index is 0.0529. The van der Waals surface area contributed by atoms with Crippen LogP contribution in [-0.2, 0) is 0 Å². The maximum absolute atomic E-state index is 12.6. The predicted molar refractivity (Wildman–Crippen MR) is 87.3 cm³/mol. The van der Waals surface area contributed by atoms with Crippen LogP contribution in [0, 0.1) is 5.41 Å². The summed E-state index contributed by atoms with van der Waals surface area (Å²) in [5.74, 6) is 0.0529. The fourth-order valence-electron chi connectivity index (χ4n) is 2.97. The molecule has 0 radical (unpaired) electrons. The molecular formula is C16H21BrClNO. The molecule has 0 aliphatic carbocycles. The lowest BCUT2D eigenvalue weighted by Crippen LogP contribution is -2.42. The van der Waals surface area contributed by atoms with E-state index in [1.54, 1.807) is 6.07 Å². The fraction of sp³-hybridized carbons (Fsp3) is 0.562. The first kappa shape index (κ1) is 15.8. The number of piperidine rings is 1. The highest BCUT2D eigenvalue weighted by Gasteiger charge is 2.33. The van der Waals surface area contributed by atoms with Crippen LogP contribution in [0.1, 0.15) is 49.9 Å². The Balaban J connectivity index is 2.10. The number of nitrogens with zero attached hydrogens (tertiary/aromatic N) is 1. The minimum Gasteiger partial charge on any atom is -0.339 e. The molecule has 0 saturated carbocycles. The quantitative estimate of drug-likeness (QED) is 0.732. The van der Waals surface area contributed by atoms with Crippen LogP contribution in [0.25, 0.3) is 0 Å². The monoisotopic (exact) mass is 357 g/mol. The van der Waals surface area contributed by atoms with E-state index in [4.69, 9.17) is 11.6 Å². The molecule has 20 heavy (non-hydrogen) atoms. The zero-order valence-electron chi connectivity index (χ0n) is 12.1. The lowest BCUT2D eigenvalue weighted by molar-refractivity contribution is 0.0558. The summed E-state index contributed by atoms with van der Waals surface area (Å²) in [6, 6.07) is 5.44. The molecule has 0 N–H and O–H groups in total. The molecule has 1 aromatic carbocycles. The van der Waals surface area contributed by atoms with E-state index in [1.165, 1.54) is 12.8 Å². The van der Waals surface area contributed by atoms with Gasteiger partial charge in [-0.05, 0) is 36.5 Å². The van der Waals surface area contributed by atoms with Crippen LogP contribution in [0.15, 0.2) is 22.7 Å². The second kappa shape index (κ2) is 6.48. The molecule has 1 saturated heterocycles. The summed E-state index contributed by atoms with van der Waals surface area (Å²) in [7, 11) is 0. The van der Waals surface area contributed by atoms with Crippen molar-refractivity contribution in [3.05, 3.63) is 33.3 Å². The zero-order valence-corrected chi connectivity index (χ0v) is 14.4. The van der Waals surface area contributed by atoms with Crippen LogP contribution in [0.3, 0.4) is 0 Å². The number of benzene rings is 1. The number of hydrogen-bond donors (Lipinski definition) is 0. The average molecular weight is 359 g/mol. The number of amides is 1. The summed E-state index contributed by atoms with van der Waals surface area (Å²) < 4.78 is 0.888. The van der Waals surface area contributed by atoms with Gasteiger partial charge in [0.1, 0.15) is 0 Å². The van der Waals surface area contributed by atoms with E-state index in [0.29, 0.717) is 16.0 Å². The Morgan fingerprint density at radius 3 is 2.45 bits per heavy atom. The second-order valence-corrected chi connectivity index (χ2v) is 6.95. The highest BCUT2D eigenvalue weighted by atomic mass is 79.9. The Kier molecular flexibility index (Phi) is 5.14. The Morgan fingerprint density at radius 1 is 1.30 bits per heavy atom. The average Bonchev–Trinajstić information content (AvgIpc) is 2.49. The predicted octanol–water partition coefficient (Wildman–Crippen LogP) is 5.14. The van der Waals surface area contributed by atoms with Crippen molar-refractivity contribution >= 4 is 33.4 Å². The molecule has 1 heterocycles. The molecule has 1 amide bonds. The summed E-state index contributed by atoms with van der Waals surface area (Å²) in [5, 5.41) is 0.529. The van der Waals surface area contributed by atoms with E-state index in [9.17, 15) is 4.79 Å². The van der Waals surface area contributed by atoms with Crippen molar-refractivity contribution < 1.29 is 4.79 Å². The summed E-state index contributed by atoms with van der Waals surface area (Å²) in [4.78, 5) is 14.5. The molecule has 0 aromatic heterocycles. The topological polar surface area (TPSA) is 20.3 Å². The molecular weight excluding hydrogens is 338 g/mol. The van der Waals surface area contributed by atoms with Crippen LogP contribution < -0.4 is 0 Å². The van der Waals surface area contributed by atoms with Crippen molar-refractivity contribution in [1.82, 2.24) is 4.90 Å². The van der Waals surface area contributed by atoms with Crippen molar-refractivity contribution in [3.8, 4) is 0 Å². The third kappa shape index (κ3) is 3.20. The van der Waals surface area contributed by atoms with Crippen LogP contribution in [0.5, 0.6) is 0 Å². The van der Waals surface area contributed by atoms with E-state index in [-0.39, 0.29) is 5.91 Å². The molecule has 0 spiro atoms. The molecule has 1 aromatic rings. The van der Waals surface area contributed by atoms with Gasteiger partial charge in [0.15, 0.2) is 0 Å². The van der Waals surface area contributed by atoms with Gasteiger partial charge in [-0.15, -0.1) is 0 Å². The van der Waals surface area contributed by atoms with Gasteiger partial charge in [-0.2, -0.15) is 0 Å². The van der Waals surface area contributed by atoms with Gasteiger partial charge in [-0.25, -0.2) is 0 Å². The van der Waals surface area contributed by atoms with Crippen molar-refractivity contribution in [3.63, 3.8) is 0 Å². The summed E-state index contributed by atoms with van der Waals surface area (Å²) in [6.45, 7) is 6.19. The SMILES string of the molecule is CCC1(CC)CCN(C(=O)c2cc(Br)ccc2Cl)CC1. The van der Waals surface area contributed by atoms with Gasteiger partial charge in [0.05, 0.1) is 10.6 Å². The van der Waals surface area contributed by atoms with Crippen molar-refractivity contribution in [2.24, 2.45) is 5.41 Å². The van der Waals surface area contributed by atoms with Crippen LogP contribution in [0.2, 0.25) is 5.02 Å². The van der Waals surface area contributed by atoms with Gasteiger partial charge in [0.2, 0.25) is 0 Å². The highest BCUT2D eigenvalue weighted by Crippen LogP contribution is 2.38. The van der Waals surface area contributed by atoms with Crippen molar-refractivity contribution in [1.29, 1.82) is 0 Å². The molecule has 0 atom stereocenters. The number of carbonyl (C=O) groups excluding carboxylic acids is 1. The maximum atomic E-state index is 12.6. The molecule has 1 aliphatic rings. The van der Waals surface area contributed by atoms with Gasteiger partial charge < -0.3 is 4.90 Å².